The van der Waals surface area contributed by atoms with E-state index in [9.17, 15) is 14.4 Å². The SMILES string of the molecule is CCOC(=O)c1sc(NC(=O)[C@@H]2CC(=O)N(C(C)C)C2)nc1C. The topological polar surface area (TPSA) is 88.6 Å². The van der Waals surface area contributed by atoms with E-state index in [1.807, 2.05) is 13.8 Å². The minimum atomic E-state index is -0.440. The summed E-state index contributed by atoms with van der Waals surface area (Å²) in [6.07, 6.45) is 0.207. The highest BCUT2D eigenvalue weighted by Crippen LogP contribution is 2.26. The van der Waals surface area contributed by atoms with Crippen molar-refractivity contribution in [2.24, 2.45) is 5.92 Å². The van der Waals surface area contributed by atoms with Crippen LogP contribution in [0.15, 0.2) is 0 Å². The number of carbonyl (C=O) groups is 3. The molecule has 2 amide bonds. The number of likely N-dealkylation sites (tertiary alicyclic amines) is 1. The third kappa shape index (κ3) is 3.87. The molecule has 0 aromatic carbocycles. The number of carbonyl (C=O) groups excluding carboxylic acids is 3. The Bertz CT molecular complexity index is 626. The smallest absolute Gasteiger partial charge is 0.350 e. The first-order chi connectivity index (χ1) is 10.8. The van der Waals surface area contributed by atoms with E-state index in [1.54, 1.807) is 18.7 Å². The number of hydrogen-bond donors (Lipinski definition) is 1. The van der Waals surface area contributed by atoms with Gasteiger partial charge in [-0.25, -0.2) is 9.78 Å². The van der Waals surface area contributed by atoms with Gasteiger partial charge in [-0.15, -0.1) is 0 Å². The number of aromatic nitrogens is 1. The average Bonchev–Trinajstić information content (AvgIpc) is 3.02. The van der Waals surface area contributed by atoms with Crippen molar-refractivity contribution in [2.45, 2.75) is 40.2 Å². The van der Waals surface area contributed by atoms with Gasteiger partial charge in [0.15, 0.2) is 5.13 Å². The van der Waals surface area contributed by atoms with Crippen LogP contribution in [0.25, 0.3) is 0 Å². The van der Waals surface area contributed by atoms with Gasteiger partial charge in [-0.3, -0.25) is 9.59 Å². The van der Waals surface area contributed by atoms with Gasteiger partial charge in [0, 0.05) is 19.0 Å². The van der Waals surface area contributed by atoms with Gasteiger partial charge < -0.3 is 15.0 Å². The van der Waals surface area contributed by atoms with E-state index in [-0.39, 0.29) is 36.8 Å². The molecule has 1 fully saturated rings. The largest absolute Gasteiger partial charge is 0.462 e. The minimum absolute atomic E-state index is 0.0114. The zero-order valence-corrected chi connectivity index (χ0v) is 14.5. The van der Waals surface area contributed by atoms with Crippen LogP contribution in [0.1, 0.15) is 42.6 Å². The molecule has 1 aromatic rings. The lowest BCUT2D eigenvalue weighted by Crippen LogP contribution is -2.33. The van der Waals surface area contributed by atoms with Crippen LogP contribution in [-0.2, 0) is 14.3 Å². The van der Waals surface area contributed by atoms with Crippen LogP contribution in [0, 0.1) is 12.8 Å². The van der Waals surface area contributed by atoms with Crippen molar-refractivity contribution in [1.29, 1.82) is 0 Å². The van der Waals surface area contributed by atoms with Crippen molar-refractivity contribution >= 4 is 34.3 Å². The van der Waals surface area contributed by atoms with Gasteiger partial charge in [0.25, 0.3) is 0 Å². The van der Waals surface area contributed by atoms with E-state index in [0.29, 0.717) is 22.2 Å². The van der Waals surface area contributed by atoms with Crippen LogP contribution in [-0.4, -0.2) is 46.9 Å². The lowest BCUT2D eigenvalue weighted by molar-refractivity contribution is -0.129. The number of amides is 2. The van der Waals surface area contributed by atoms with Crippen LogP contribution in [0.5, 0.6) is 0 Å². The molecule has 1 N–H and O–H groups in total. The molecule has 1 aliphatic heterocycles. The quantitative estimate of drug-likeness (QED) is 0.827. The second-order valence-electron chi connectivity index (χ2n) is 5.68. The van der Waals surface area contributed by atoms with Crippen molar-refractivity contribution in [3.63, 3.8) is 0 Å². The Kier molecular flexibility index (Phi) is 5.35. The van der Waals surface area contributed by atoms with Gasteiger partial charge in [0.1, 0.15) is 4.88 Å². The van der Waals surface area contributed by atoms with E-state index < -0.39 is 5.97 Å². The fourth-order valence-corrected chi connectivity index (χ4v) is 3.31. The van der Waals surface area contributed by atoms with Crippen molar-refractivity contribution in [2.75, 3.05) is 18.5 Å². The number of thiazole rings is 1. The first kappa shape index (κ1) is 17.4. The predicted molar refractivity (Wildman–Crippen MR) is 86.4 cm³/mol. The third-order valence-electron chi connectivity index (χ3n) is 3.64. The number of rotatable bonds is 5. The molecule has 8 heteroatoms. The van der Waals surface area contributed by atoms with E-state index in [4.69, 9.17) is 4.74 Å². The molecule has 0 saturated carbocycles. The molecule has 0 unspecified atom stereocenters. The van der Waals surface area contributed by atoms with Gasteiger partial charge in [-0.05, 0) is 27.7 Å². The lowest BCUT2D eigenvalue weighted by Gasteiger charge is -2.20. The van der Waals surface area contributed by atoms with Gasteiger partial charge >= 0.3 is 5.97 Å². The maximum absolute atomic E-state index is 12.3. The number of anilines is 1. The number of hydrogen-bond acceptors (Lipinski definition) is 6. The Morgan fingerprint density at radius 2 is 2.17 bits per heavy atom. The molecule has 1 aliphatic rings. The molecule has 126 valence electrons. The molecule has 0 spiro atoms. The highest BCUT2D eigenvalue weighted by Gasteiger charge is 2.35. The van der Waals surface area contributed by atoms with Crippen LogP contribution in [0.2, 0.25) is 0 Å². The monoisotopic (exact) mass is 339 g/mol. The van der Waals surface area contributed by atoms with E-state index in [2.05, 4.69) is 10.3 Å². The Balaban J connectivity index is 2.03. The highest BCUT2D eigenvalue weighted by molar-refractivity contribution is 7.17. The van der Waals surface area contributed by atoms with Gasteiger partial charge in [-0.2, -0.15) is 0 Å². The Hall–Kier alpha value is -1.96. The summed E-state index contributed by atoms with van der Waals surface area (Å²) in [6, 6.07) is 0.0813. The predicted octanol–water partition coefficient (Wildman–Crippen LogP) is 1.82. The summed E-state index contributed by atoms with van der Waals surface area (Å²) in [5.41, 5.74) is 0.523. The average molecular weight is 339 g/mol. The summed E-state index contributed by atoms with van der Waals surface area (Å²) in [4.78, 5) is 42.2. The number of aryl methyl sites for hydroxylation is 1. The molecule has 7 nitrogen and oxygen atoms in total. The fraction of sp³-hybridized carbons (Fsp3) is 0.600. The zero-order valence-electron chi connectivity index (χ0n) is 13.7. The Morgan fingerprint density at radius 1 is 1.48 bits per heavy atom. The second kappa shape index (κ2) is 7.08. The molecule has 1 atom stereocenters. The number of nitrogens with zero attached hydrogens (tertiary/aromatic N) is 2. The molecular formula is C15H21N3O4S. The number of nitrogens with one attached hydrogen (secondary N) is 1. The minimum Gasteiger partial charge on any atom is -0.462 e. The van der Waals surface area contributed by atoms with Gasteiger partial charge in [-0.1, -0.05) is 11.3 Å². The zero-order chi connectivity index (χ0) is 17.1. The summed E-state index contributed by atoms with van der Waals surface area (Å²) in [5.74, 6) is -1.08. The summed E-state index contributed by atoms with van der Waals surface area (Å²) < 4.78 is 4.95. The second-order valence-corrected chi connectivity index (χ2v) is 6.68. The molecule has 2 heterocycles. The molecule has 23 heavy (non-hydrogen) atoms. The van der Waals surface area contributed by atoms with E-state index in [1.165, 1.54) is 0 Å². The molecule has 2 rings (SSSR count). The molecular weight excluding hydrogens is 318 g/mol. The first-order valence-corrected chi connectivity index (χ1v) is 8.40. The molecule has 0 bridgehead atoms. The molecule has 0 radical (unpaired) electrons. The Morgan fingerprint density at radius 3 is 2.74 bits per heavy atom. The van der Waals surface area contributed by atoms with Crippen LogP contribution >= 0.6 is 11.3 Å². The lowest BCUT2D eigenvalue weighted by atomic mass is 10.1. The summed E-state index contributed by atoms with van der Waals surface area (Å²) >= 11 is 1.09. The maximum Gasteiger partial charge on any atom is 0.350 e. The standard InChI is InChI=1S/C15H21N3O4S/c1-5-22-14(21)12-9(4)16-15(23-12)17-13(20)10-6-11(19)18(7-10)8(2)3/h8,10H,5-7H2,1-4H3,(H,16,17,20)/t10-/m1/s1. The first-order valence-electron chi connectivity index (χ1n) is 7.58. The molecule has 1 aromatic heterocycles. The molecule has 0 aliphatic carbocycles. The van der Waals surface area contributed by atoms with E-state index in [0.717, 1.165) is 11.3 Å². The normalized spacial score (nSPS) is 17.7. The van der Waals surface area contributed by atoms with Crippen LogP contribution in [0.4, 0.5) is 5.13 Å². The summed E-state index contributed by atoms with van der Waals surface area (Å²) in [7, 11) is 0. The number of esters is 1. The van der Waals surface area contributed by atoms with Crippen molar-refractivity contribution in [3.8, 4) is 0 Å². The fourth-order valence-electron chi connectivity index (χ4n) is 2.45. The molecule has 1 saturated heterocycles. The van der Waals surface area contributed by atoms with Crippen LogP contribution < -0.4 is 5.32 Å². The van der Waals surface area contributed by atoms with E-state index >= 15 is 0 Å². The summed E-state index contributed by atoms with van der Waals surface area (Å²) in [6.45, 7) is 7.97. The summed E-state index contributed by atoms with van der Waals surface area (Å²) in [5, 5.41) is 3.06. The van der Waals surface area contributed by atoms with Crippen molar-refractivity contribution in [1.82, 2.24) is 9.88 Å². The Labute approximate surface area is 139 Å². The van der Waals surface area contributed by atoms with Gasteiger partial charge in [0.05, 0.1) is 18.2 Å². The van der Waals surface area contributed by atoms with Gasteiger partial charge in [0.2, 0.25) is 11.8 Å². The number of ether oxygens (including phenoxy) is 1. The van der Waals surface area contributed by atoms with Crippen LogP contribution in [0.3, 0.4) is 0 Å². The highest BCUT2D eigenvalue weighted by atomic mass is 32.1. The van der Waals surface area contributed by atoms with Crippen molar-refractivity contribution in [3.05, 3.63) is 10.6 Å². The maximum atomic E-state index is 12.3. The third-order valence-corrected chi connectivity index (χ3v) is 4.69. The van der Waals surface area contributed by atoms with Crippen molar-refractivity contribution < 1.29 is 19.1 Å².